The van der Waals surface area contributed by atoms with Crippen molar-refractivity contribution < 1.29 is 43.9 Å². The van der Waals surface area contributed by atoms with Gasteiger partial charge in [-0.05, 0) is 60.8 Å². The van der Waals surface area contributed by atoms with Crippen molar-refractivity contribution in [2.24, 2.45) is 7.05 Å². The second-order valence-electron chi connectivity index (χ2n) is 9.50. The molecule has 0 spiro atoms. The largest absolute Gasteiger partial charge is 0.497 e. The Hall–Kier alpha value is -5.23. The fourth-order valence-corrected chi connectivity index (χ4v) is 4.51. The zero-order valence-electron chi connectivity index (χ0n) is 25.1. The predicted octanol–water partition coefficient (Wildman–Crippen LogP) is 3.65. The first kappa shape index (κ1) is 33.3. The SMILES string of the molecule is CCN(CC(O)COc1ccc(-c2cc3ccc(OC)cc3c(=O)n2C)cc1OC)c1ccccc1OC.O=C(O)C(=O)O. The smallest absolute Gasteiger partial charge is 0.414 e. The number of likely N-dealkylation sites (N-methyl/N-ethyl adjacent to an activating group) is 1. The summed E-state index contributed by atoms with van der Waals surface area (Å²) < 4.78 is 23.9. The minimum absolute atomic E-state index is 0.0810. The van der Waals surface area contributed by atoms with Crippen LogP contribution in [0.3, 0.4) is 0 Å². The molecular weight excluding hydrogens is 572 g/mol. The molecule has 44 heavy (non-hydrogen) atoms. The molecule has 3 aromatic carbocycles. The van der Waals surface area contributed by atoms with E-state index in [0.29, 0.717) is 35.7 Å². The Bertz CT molecular complexity index is 1660. The van der Waals surface area contributed by atoms with Crippen LogP contribution in [0.1, 0.15) is 6.92 Å². The number of ether oxygens (including phenoxy) is 4. The zero-order chi connectivity index (χ0) is 32.4. The number of carboxylic acid groups (broad SMARTS) is 2. The van der Waals surface area contributed by atoms with Crippen molar-refractivity contribution >= 4 is 28.4 Å². The third kappa shape index (κ3) is 7.98. The lowest BCUT2D eigenvalue weighted by atomic mass is 10.1. The molecule has 12 nitrogen and oxygen atoms in total. The summed E-state index contributed by atoms with van der Waals surface area (Å²) in [7, 11) is 6.52. The summed E-state index contributed by atoms with van der Waals surface area (Å²) in [4.78, 5) is 33.3. The molecule has 0 saturated carbocycles. The first-order chi connectivity index (χ1) is 21.0. The third-order valence-electron chi connectivity index (χ3n) is 6.76. The van der Waals surface area contributed by atoms with E-state index in [9.17, 15) is 9.90 Å². The van der Waals surface area contributed by atoms with E-state index in [1.807, 2.05) is 66.4 Å². The minimum atomic E-state index is -1.82. The maximum atomic E-state index is 13.1. The fraction of sp³-hybridized carbons (Fsp3) is 0.281. The van der Waals surface area contributed by atoms with E-state index in [2.05, 4.69) is 0 Å². The number of nitrogens with zero attached hydrogens (tertiary/aromatic N) is 2. The zero-order valence-corrected chi connectivity index (χ0v) is 25.1. The number of aliphatic carboxylic acids is 2. The van der Waals surface area contributed by atoms with Gasteiger partial charge in [0.2, 0.25) is 0 Å². The van der Waals surface area contributed by atoms with E-state index in [1.54, 1.807) is 45.1 Å². The Labute approximate surface area is 254 Å². The van der Waals surface area contributed by atoms with Crippen LogP contribution >= 0.6 is 0 Å². The molecule has 1 unspecified atom stereocenters. The average Bonchev–Trinajstić information content (AvgIpc) is 3.04. The summed E-state index contributed by atoms with van der Waals surface area (Å²) >= 11 is 0. The number of pyridine rings is 1. The van der Waals surface area contributed by atoms with Gasteiger partial charge in [0.1, 0.15) is 24.2 Å². The van der Waals surface area contributed by atoms with Crippen LogP contribution in [0, 0.1) is 0 Å². The number of fused-ring (bicyclic) bond motifs is 1. The molecule has 0 aliphatic carbocycles. The molecule has 1 heterocycles. The molecule has 0 aliphatic heterocycles. The lowest BCUT2D eigenvalue weighted by Gasteiger charge is -2.27. The van der Waals surface area contributed by atoms with Gasteiger partial charge in [-0.25, -0.2) is 9.59 Å². The van der Waals surface area contributed by atoms with Crippen molar-refractivity contribution in [3.8, 4) is 34.3 Å². The fourth-order valence-electron chi connectivity index (χ4n) is 4.51. The van der Waals surface area contributed by atoms with Crippen molar-refractivity contribution in [3.05, 3.63) is 77.1 Å². The van der Waals surface area contributed by atoms with Gasteiger partial charge >= 0.3 is 11.9 Å². The Kier molecular flexibility index (Phi) is 11.6. The number of anilines is 1. The van der Waals surface area contributed by atoms with Gasteiger partial charge in [0, 0.05) is 25.7 Å². The molecule has 0 aliphatic rings. The van der Waals surface area contributed by atoms with Crippen LogP contribution in [0.4, 0.5) is 5.69 Å². The maximum Gasteiger partial charge on any atom is 0.414 e. The van der Waals surface area contributed by atoms with Crippen LogP contribution in [0.2, 0.25) is 0 Å². The lowest BCUT2D eigenvalue weighted by molar-refractivity contribution is -0.159. The summed E-state index contributed by atoms with van der Waals surface area (Å²) in [6.07, 6.45) is -0.748. The quantitative estimate of drug-likeness (QED) is 0.214. The summed E-state index contributed by atoms with van der Waals surface area (Å²) in [5, 5.41) is 26.9. The standard InChI is InChI=1S/C30H34N2O6.C2H2O4/c1-6-32(25-9-7-8-10-27(25)36-4)18-22(33)19-38-28-14-12-21(16-29(28)37-5)26-15-20-11-13-23(35-3)17-24(20)30(34)31(26)2;3-1(4)2(5)6/h7-17,22,33H,6,18-19H2,1-5H3;(H,3,4)(H,5,6). The van der Waals surface area contributed by atoms with Crippen molar-refractivity contribution in [3.63, 3.8) is 0 Å². The van der Waals surface area contributed by atoms with Crippen LogP contribution in [-0.2, 0) is 16.6 Å². The van der Waals surface area contributed by atoms with Gasteiger partial charge in [-0.1, -0.05) is 18.2 Å². The van der Waals surface area contributed by atoms with E-state index in [4.69, 9.17) is 38.7 Å². The van der Waals surface area contributed by atoms with Gasteiger partial charge in [-0.3, -0.25) is 4.79 Å². The molecule has 4 rings (SSSR count). The van der Waals surface area contributed by atoms with Crippen molar-refractivity contribution in [2.75, 3.05) is 45.9 Å². The van der Waals surface area contributed by atoms with E-state index < -0.39 is 18.0 Å². The van der Waals surface area contributed by atoms with Gasteiger partial charge in [-0.15, -0.1) is 0 Å². The van der Waals surface area contributed by atoms with Gasteiger partial charge in [0.25, 0.3) is 5.56 Å². The van der Waals surface area contributed by atoms with Crippen LogP contribution < -0.4 is 29.4 Å². The third-order valence-corrected chi connectivity index (χ3v) is 6.76. The van der Waals surface area contributed by atoms with Gasteiger partial charge in [-0.2, -0.15) is 0 Å². The molecule has 0 bridgehead atoms. The van der Waals surface area contributed by atoms with Gasteiger partial charge in [0.05, 0.1) is 38.1 Å². The number of aliphatic hydroxyl groups is 1. The Balaban J connectivity index is 0.000000801. The van der Waals surface area contributed by atoms with E-state index >= 15 is 0 Å². The number of methoxy groups -OCH3 is 3. The number of carbonyl (C=O) groups is 2. The predicted molar refractivity (Wildman–Crippen MR) is 165 cm³/mol. The maximum absolute atomic E-state index is 13.1. The molecule has 0 radical (unpaired) electrons. The number of para-hydroxylation sites is 2. The van der Waals surface area contributed by atoms with Gasteiger partial charge in [0.15, 0.2) is 11.5 Å². The number of aromatic nitrogens is 1. The number of rotatable bonds is 11. The summed E-state index contributed by atoms with van der Waals surface area (Å²) in [6.45, 7) is 3.18. The molecular formula is C32H36N2O10. The van der Waals surface area contributed by atoms with Gasteiger partial charge < -0.3 is 43.7 Å². The number of carboxylic acids is 2. The number of aliphatic hydroxyl groups excluding tert-OH is 1. The Morgan fingerprint density at radius 1 is 0.864 bits per heavy atom. The molecule has 0 amide bonds. The van der Waals surface area contributed by atoms with Crippen LogP contribution in [0.25, 0.3) is 22.0 Å². The highest BCUT2D eigenvalue weighted by atomic mass is 16.5. The second kappa shape index (κ2) is 15.3. The summed E-state index contributed by atoms with van der Waals surface area (Å²) in [5.41, 5.74) is 2.35. The summed E-state index contributed by atoms with van der Waals surface area (Å²) in [6, 6.07) is 20.6. The highest BCUT2D eigenvalue weighted by molar-refractivity contribution is 6.27. The normalized spacial score (nSPS) is 11.1. The van der Waals surface area contributed by atoms with Crippen LogP contribution in [0.5, 0.6) is 23.0 Å². The Morgan fingerprint density at radius 3 is 2.16 bits per heavy atom. The van der Waals surface area contributed by atoms with Crippen molar-refractivity contribution in [2.45, 2.75) is 13.0 Å². The number of hydrogen-bond acceptors (Lipinski definition) is 9. The molecule has 234 valence electrons. The van der Waals surface area contributed by atoms with E-state index in [-0.39, 0.29) is 12.2 Å². The van der Waals surface area contributed by atoms with Crippen LogP contribution in [-0.4, -0.2) is 79.0 Å². The highest BCUT2D eigenvalue weighted by Crippen LogP contribution is 2.34. The van der Waals surface area contributed by atoms with Crippen molar-refractivity contribution in [1.29, 1.82) is 0 Å². The topological polar surface area (TPSA) is 157 Å². The monoisotopic (exact) mass is 608 g/mol. The Morgan fingerprint density at radius 2 is 1.55 bits per heavy atom. The molecule has 1 aromatic heterocycles. The first-order valence-corrected chi connectivity index (χ1v) is 13.6. The number of benzene rings is 3. The first-order valence-electron chi connectivity index (χ1n) is 13.6. The highest BCUT2D eigenvalue weighted by Gasteiger charge is 2.17. The molecule has 12 heteroatoms. The molecule has 3 N–H and O–H groups in total. The lowest BCUT2D eigenvalue weighted by Crippen LogP contribution is -2.35. The van der Waals surface area contributed by atoms with Crippen LogP contribution in [0.15, 0.2) is 71.5 Å². The molecule has 0 saturated heterocycles. The molecule has 1 atom stereocenters. The van der Waals surface area contributed by atoms with E-state index in [1.165, 1.54) is 0 Å². The summed E-state index contributed by atoms with van der Waals surface area (Å²) in [5.74, 6) is -1.25. The molecule has 4 aromatic rings. The minimum Gasteiger partial charge on any atom is -0.497 e. The average molecular weight is 609 g/mol. The number of hydrogen-bond donors (Lipinski definition) is 3. The van der Waals surface area contributed by atoms with E-state index in [0.717, 1.165) is 28.1 Å². The molecule has 0 fully saturated rings. The second-order valence-corrected chi connectivity index (χ2v) is 9.50. The van der Waals surface area contributed by atoms with Crippen molar-refractivity contribution in [1.82, 2.24) is 4.57 Å².